The van der Waals surface area contributed by atoms with Crippen LogP contribution in [0.15, 0.2) is 54.6 Å². The number of aryl methyl sites for hydroxylation is 1. The molecule has 3 N–H and O–H groups in total. The summed E-state index contributed by atoms with van der Waals surface area (Å²) < 4.78 is 0. The number of carbonyl (C=O) groups excluding carboxylic acids is 1. The lowest BCUT2D eigenvalue weighted by atomic mass is 9.72. The number of rotatable bonds is 6. The van der Waals surface area contributed by atoms with Gasteiger partial charge in [0, 0.05) is 19.5 Å². The summed E-state index contributed by atoms with van der Waals surface area (Å²) in [6.45, 7) is 0.294. The molecule has 28 heavy (non-hydrogen) atoms. The van der Waals surface area contributed by atoms with E-state index >= 15 is 0 Å². The van der Waals surface area contributed by atoms with Crippen LogP contribution in [0.4, 0.5) is 0 Å². The first-order chi connectivity index (χ1) is 13.4. The van der Waals surface area contributed by atoms with Gasteiger partial charge in [0.1, 0.15) is 11.2 Å². The van der Waals surface area contributed by atoms with Crippen LogP contribution >= 0.6 is 0 Å². The number of para-hydroxylation sites is 1. The zero-order valence-electron chi connectivity index (χ0n) is 15.6. The number of hydrogen-bond acceptors (Lipinski definition) is 4. The van der Waals surface area contributed by atoms with Crippen LogP contribution < -0.4 is 0 Å². The van der Waals surface area contributed by atoms with Gasteiger partial charge in [0.2, 0.25) is 5.91 Å². The van der Waals surface area contributed by atoms with Gasteiger partial charge in [0.05, 0.1) is 6.10 Å². The number of aliphatic hydroxyl groups excluding tert-OH is 1. The zero-order chi connectivity index (χ0) is 20.1. The highest BCUT2D eigenvalue weighted by atomic mass is 16.4. The number of amides is 1. The summed E-state index contributed by atoms with van der Waals surface area (Å²) in [7, 11) is 0. The molecule has 0 aliphatic carbocycles. The molecule has 2 aromatic carbocycles. The number of aromatic hydroxyl groups is 1. The number of piperidine rings is 1. The molecule has 0 aromatic heterocycles. The van der Waals surface area contributed by atoms with Crippen LogP contribution in [0.5, 0.6) is 5.75 Å². The van der Waals surface area contributed by atoms with Gasteiger partial charge in [-0.2, -0.15) is 0 Å². The van der Waals surface area contributed by atoms with Gasteiger partial charge in [-0.05, 0) is 36.5 Å². The van der Waals surface area contributed by atoms with Crippen LogP contribution in [-0.4, -0.2) is 51.3 Å². The number of carbonyl (C=O) groups is 2. The SMILES string of the molecule is O=C(CCc1ccccc1O)N1CC[C@@H](O)[C@](Cc2ccccc2)(C(=O)O)C1. The largest absolute Gasteiger partial charge is 0.508 e. The number of aliphatic carboxylic acids is 1. The Balaban J connectivity index is 1.73. The number of phenolic OH excluding ortho intramolecular Hbond substituents is 1. The van der Waals surface area contributed by atoms with E-state index in [-0.39, 0.29) is 37.5 Å². The molecule has 1 fully saturated rings. The standard InChI is InChI=1S/C22H25NO5/c24-18-9-5-4-8-17(18)10-11-20(26)23-13-12-19(25)22(15-23,21(27)28)14-16-6-2-1-3-7-16/h1-9,19,24-25H,10-15H2,(H,27,28)/t19-,22-/m1/s1. The van der Waals surface area contributed by atoms with Gasteiger partial charge in [0.25, 0.3) is 0 Å². The number of benzene rings is 2. The van der Waals surface area contributed by atoms with Crippen molar-refractivity contribution in [3.63, 3.8) is 0 Å². The van der Waals surface area contributed by atoms with Crippen molar-refractivity contribution < 1.29 is 24.9 Å². The lowest BCUT2D eigenvalue weighted by Gasteiger charge is -2.43. The van der Waals surface area contributed by atoms with Gasteiger partial charge in [-0.25, -0.2) is 0 Å². The van der Waals surface area contributed by atoms with Crippen molar-refractivity contribution in [2.75, 3.05) is 13.1 Å². The van der Waals surface area contributed by atoms with Crippen LogP contribution in [-0.2, 0) is 22.4 Å². The van der Waals surface area contributed by atoms with E-state index in [0.29, 0.717) is 18.5 Å². The average Bonchev–Trinajstić information content (AvgIpc) is 2.69. The molecule has 1 aliphatic rings. The Morgan fingerprint density at radius 1 is 1.07 bits per heavy atom. The molecule has 6 heteroatoms. The van der Waals surface area contributed by atoms with E-state index in [4.69, 9.17) is 0 Å². The molecule has 2 aromatic rings. The van der Waals surface area contributed by atoms with E-state index in [9.17, 15) is 24.9 Å². The van der Waals surface area contributed by atoms with Crippen molar-refractivity contribution in [2.45, 2.75) is 31.8 Å². The minimum atomic E-state index is -1.43. The third-order valence-electron chi connectivity index (χ3n) is 5.52. The van der Waals surface area contributed by atoms with Gasteiger partial charge in [-0.1, -0.05) is 48.5 Å². The van der Waals surface area contributed by atoms with Crippen molar-refractivity contribution in [1.82, 2.24) is 4.90 Å². The van der Waals surface area contributed by atoms with Gasteiger partial charge in [-0.3, -0.25) is 9.59 Å². The summed E-state index contributed by atoms with van der Waals surface area (Å²) >= 11 is 0. The molecule has 0 saturated carbocycles. The predicted octanol–water partition coefficient (Wildman–Crippen LogP) is 2.23. The summed E-state index contributed by atoms with van der Waals surface area (Å²) in [5.74, 6) is -1.12. The Hall–Kier alpha value is -2.86. The van der Waals surface area contributed by atoms with Crippen molar-refractivity contribution in [2.24, 2.45) is 5.41 Å². The number of carboxylic acid groups (broad SMARTS) is 1. The van der Waals surface area contributed by atoms with Gasteiger partial charge < -0.3 is 20.2 Å². The second-order valence-electron chi connectivity index (χ2n) is 7.37. The van der Waals surface area contributed by atoms with Crippen molar-refractivity contribution in [3.8, 4) is 5.75 Å². The molecular weight excluding hydrogens is 358 g/mol. The molecule has 2 atom stereocenters. The quantitative estimate of drug-likeness (QED) is 0.711. The maximum absolute atomic E-state index is 12.7. The van der Waals surface area contributed by atoms with E-state index in [2.05, 4.69) is 0 Å². The Bertz CT molecular complexity index is 838. The van der Waals surface area contributed by atoms with Crippen molar-refractivity contribution in [3.05, 3.63) is 65.7 Å². The van der Waals surface area contributed by atoms with E-state index in [1.54, 1.807) is 24.3 Å². The average molecular weight is 383 g/mol. The number of aliphatic hydroxyl groups is 1. The normalized spacial score (nSPS) is 22.0. The predicted molar refractivity (Wildman–Crippen MR) is 104 cm³/mol. The maximum Gasteiger partial charge on any atom is 0.314 e. The lowest BCUT2D eigenvalue weighted by molar-refractivity contribution is -0.165. The highest BCUT2D eigenvalue weighted by Crippen LogP contribution is 2.35. The third kappa shape index (κ3) is 4.17. The van der Waals surface area contributed by atoms with E-state index in [1.165, 1.54) is 4.90 Å². The van der Waals surface area contributed by atoms with Crippen molar-refractivity contribution >= 4 is 11.9 Å². The highest BCUT2D eigenvalue weighted by Gasteiger charge is 2.50. The topological polar surface area (TPSA) is 98.1 Å². The Labute approximate surface area is 164 Å². The van der Waals surface area contributed by atoms with Crippen LogP contribution in [0, 0.1) is 5.41 Å². The Morgan fingerprint density at radius 2 is 1.75 bits per heavy atom. The molecule has 0 spiro atoms. The molecule has 0 unspecified atom stereocenters. The number of phenols is 1. The molecule has 3 rings (SSSR count). The van der Waals surface area contributed by atoms with Crippen molar-refractivity contribution in [1.29, 1.82) is 0 Å². The summed E-state index contributed by atoms with van der Waals surface area (Å²) in [5, 5.41) is 30.3. The first-order valence-electron chi connectivity index (χ1n) is 9.42. The molecular formula is C22H25NO5. The van der Waals surface area contributed by atoms with Gasteiger partial charge >= 0.3 is 5.97 Å². The number of hydrogen-bond donors (Lipinski definition) is 3. The van der Waals surface area contributed by atoms with E-state index < -0.39 is 17.5 Å². The zero-order valence-corrected chi connectivity index (χ0v) is 15.6. The lowest BCUT2D eigenvalue weighted by Crippen LogP contribution is -2.58. The Morgan fingerprint density at radius 3 is 2.43 bits per heavy atom. The first kappa shape index (κ1) is 19.9. The van der Waals surface area contributed by atoms with Crippen LogP contribution in [0.2, 0.25) is 0 Å². The fourth-order valence-electron chi connectivity index (χ4n) is 3.83. The second kappa shape index (κ2) is 8.44. The second-order valence-corrected chi connectivity index (χ2v) is 7.37. The van der Waals surface area contributed by atoms with Gasteiger partial charge in [0.15, 0.2) is 0 Å². The molecule has 1 amide bonds. The Kier molecular flexibility index (Phi) is 5.99. The molecule has 6 nitrogen and oxygen atoms in total. The summed E-state index contributed by atoms with van der Waals surface area (Å²) in [6.07, 6.45) is -0.0833. The van der Waals surface area contributed by atoms with E-state index in [0.717, 1.165) is 5.56 Å². The smallest absolute Gasteiger partial charge is 0.314 e. The third-order valence-corrected chi connectivity index (χ3v) is 5.52. The summed E-state index contributed by atoms with van der Waals surface area (Å²) in [6, 6.07) is 16.0. The van der Waals surface area contributed by atoms with Gasteiger partial charge in [-0.15, -0.1) is 0 Å². The number of likely N-dealkylation sites (tertiary alicyclic amines) is 1. The molecule has 1 saturated heterocycles. The van der Waals surface area contributed by atoms with Crippen LogP contribution in [0.3, 0.4) is 0 Å². The summed E-state index contributed by atoms with van der Waals surface area (Å²) in [5.41, 5.74) is 0.0681. The number of carboxylic acids is 1. The minimum Gasteiger partial charge on any atom is -0.508 e. The van der Waals surface area contributed by atoms with Crippen LogP contribution in [0.25, 0.3) is 0 Å². The summed E-state index contributed by atoms with van der Waals surface area (Å²) in [4.78, 5) is 26.4. The fourth-order valence-corrected chi connectivity index (χ4v) is 3.83. The molecule has 0 bridgehead atoms. The monoisotopic (exact) mass is 383 g/mol. The molecule has 1 heterocycles. The number of nitrogens with zero attached hydrogens (tertiary/aromatic N) is 1. The first-order valence-corrected chi connectivity index (χ1v) is 9.42. The molecule has 1 aliphatic heterocycles. The molecule has 0 radical (unpaired) electrons. The van der Waals surface area contributed by atoms with E-state index in [1.807, 2.05) is 30.3 Å². The minimum absolute atomic E-state index is 0.0298. The van der Waals surface area contributed by atoms with Crippen LogP contribution in [0.1, 0.15) is 24.0 Å². The molecule has 148 valence electrons. The maximum atomic E-state index is 12.7. The highest BCUT2D eigenvalue weighted by molar-refractivity contribution is 5.80. The fraction of sp³-hybridized carbons (Fsp3) is 0.364.